The molecular weight excluding hydrogens is 430 g/mol. The van der Waals surface area contributed by atoms with Crippen molar-refractivity contribution in [2.24, 2.45) is 0 Å². The molecule has 0 aromatic heterocycles. The van der Waals surface area contributed by atoms with Gasteiger partial charge in [-0.25, -0.2) is 8.42 Å². The van der Waals surface area contributed by atoms with E-state index in [4.69, 9.17) is 14.2 Å². The summed E-state index contributed by atoms with van der Waals surface area (Å²) in [6, 6.07) is 14.9. The standard InChI is InChI=1S/C23H31N3O5S/c1-29-21-4-2-20(3-5-21)25-12-10-24(11-13-25)14-19-31-22-6-8-23(9-7-22)32(27,28)26-15-17-30-18-16-26/h2-9H,10-19H2,1H3. The van der Waals surface area contributed by atoms with E-state index >= 15 is 0 Å². The Morgan fingerprint density at radius 1 is 0.844 bits per heavy atom. The highest BCUT2D eigenvalue weighted by Gasteiger charge is 2.26. The highest BCUT2D eigenvalue weighted by molar-refractivity contribution is 7.89. The fourth-order valence-corrected chi connectivity index (χ4v) is 5.37. The summed E-state index contributed by atoms with van der Waals surface area (Å²) in [5.74, 6) is 1.55. The number of anilines is 1. The largest absolute Gasteiger partial charge is 0.497 e. The molecule has 0 atom stereocenters. The van der Waals surface area contributed by atoms with E-state index < -0.39 is 10.0 Å². The van der Waals surface area contributed by atoms with E-state index in [1.165, 1.54) is 9.99 Å². The summed E-state index contributed by atoms with van der Waals surface area (Å²) in [4.78, 5) is 5.06. The van der Waals surface area contributed by atoms with Crippen LogP contribution >= 0.6 is 0 Å². The number of benzene rings is 2. The van der Waals surface area contributed by atoms with Crippen LogP contribution in [0.4, 0.5) is 5.69 Å². The predicted molar refractivity (Wildman–Crippen MR) is 123 cm³/mol. The Balaban J connectivity index is 1.21. The number of methoxy groups -OCH3 is 1. The molecule has 2 saturated heterocycles. The fourth-order valence-electron chi connectivity index (χ4n) is 3.96. The molecule has 0 N–H and O–H groups in total. The summed E-state index contributed by atoms with van der Waals surface area (Å²) < 4.78 is 43.2. The lowest BCUT2D eigenvalue weighted by atomic mass is 10.2. The minimum Gasteiger partial charge on any atom is -0.497 e. The quantitative estimate of drug-likeness (QED) is 0.595. The summed E-state index contributed by atoms with van der Waals surface area (Å²) in [5, 5.41) is 0. The van der Waals surface area contributed by atoms with E-state index in [-0.39, 0.29) is 0 Å². The second-order valence-electron chi connectivity index (χ2n) is 7.86. The molecule has 2 heterocycles. The Hall–Kier alpha value is -2.33. The number of rotatable bonds is 8. The first-order valence-electron chi connectivity index (χ1n) is 11.0. The average molecular weight is 462 g/mol. The van der Waals surface area contributed by atoms with Gasteiger partial charge in [0.2, 0.25) is 10.0 Å². The Morgan fingerprint density at radius 3 is 2.09 bits per heavy atom. The molecule has 2 fully saturated rings. The van der Waals surface area contributed by atoms with Gasteiger partial charge in [0.15, 0.2) is 0 Å². The van der Waals surface area contributed by atoms with Crippen LogP contribution in [0.5, 0.6) is 11.5 Å². The van der Waals surface area contributed by atoms with Gasteiger partial charge in [-0.1, -0.05) is 0 Å². The molecule has 2 aromatic rings. The van der Waals surface area contributed by atoms with E-state index in [2.05, 4.69) is 21.9 Å². The first-order chi connectivity index (χ1) is 15.6. The van der Waals surface area contributed by atoms with Crippen LogP contribution in [0.3, 0.4) is 0 Å². The molecule has 2 aromatic carbocycles. The maximum Gasteiger partial charge on any atom is 0.243 e. The Labute approximate surface area is 190 Å². The van der Waals surface area contributed by atoms with Gasteiger partial charge in [-0.15, -0.1) is 0 Å². The summed E-state index contributed by atoms with van der Waals surface area (Å²) >= 11 is 0. The average Bonchev–Trinajstić information content (AvgIpc) is 2.85. The molecule has 0 saturated carbocycles. The third-order valence-corrected chi connectivity index (χ3v) is 7.83. The van der Waals surface area contributed by atoms with Gasteiger partial charge < -0.3 is 19.1 Å². The van der Waals surface area contributed by atoms with Crippen molar-refractivity contribution in [3.8, 4) is 11.5 Å². The number of nitrogens with zero attached hydrogens (tertiary/aromatic N) is 3. The van der Waals surface area contributed by atoms with Crippen LogP contribution in [0.2, 0.25) is 0 Å². The van der Waals surface area contributed by atoms with E-state index in [1.54, 1.807) is 31.4 Å². The van der Waals surface area contributed by atoms with Gasteiger partial charge in [-0.3, -0.25) is 4.90 Å². The van der Waals surface area contributed by atoms with Crippen LogP contribution in [-0.4, -0.2) is 90.4 Å². The molecule has 2 aliphatic rings. The van der Waals surface area contributed by atoms with E-state index in [0.29, 0.717) is 43.6 Å². The Morgan fingerprint density at radius 2 is 1.47 bits per heavy atom. The van der Waals surface area contributed by atoms with Gasteiger partial charge in [0.05, 0.1) is 25.2 Å². The minimum atomic E-state index is -3.47. The highest BCUT2D eigenvalue weighted by atomic mass is 32.2. The zero-order chi connectivity index (χ0) is 22.4. The predicted octanol–water partition coefficient (Wildman–Crippen LogP) is 1.92. The Bertz CT molecular complexity index is 952. The Kier molecular flexibility index (Phi) is 7.51. The van der Waals surface area contributed by atoms with Crippen molar-refractivity contribution < 1.29 is 22.6 Å². The molecule has 8 nitrogen and oxygen atoms in total. The van der Waals surface area contributed by atoms with Crippen LogP contribution in [0.15, 0.2) is 53.4 Å². The van der Waals surface area contributed by atoms with Gasteiger partial charge >= 0.3 is 0 Å². The second kappa shape index (κ2) is 10.5. The van der Waals surface area contributed by atoms with Crippen molar-refractivity contribution in [2.75, 3.05) is 77.6 Å². The van der Waals surface area contributed by atoms with Crippen molar-refractivity contribution in [3.05, 3.63) is 48.5 Å². The SMILES string of the molecule is COc1ccc(N2CCN(CCOc3ccc(S(=O)(=O)N4CCOCC4)cc3)CC2)cc1. The van der Waals surface area contributed by atoms with Crippen molar-refractivity contribution >= 4 is 15.7 Å². The van der Waals surface area contributed by atoms with Gasteiger partial charge in [0, 0.05) is 51.5 Å². The zero-order valence-electron chi connectivity index (χ0n) is 18.5. The fraction of sp³-hybridized carbons (Fsp3) is 0.478. The molecule has 4 rings (SSSR count). The number of hydrogen-bond donors (Lipinski definition) is 0. The lowest BCUT2D eigenvalue weighted by molar-refractivity contribution is 0.0730. The van der Waals surface area contributed by atoms with Crippen LogP contribution in [0, 0.1) is 0 Å². The third kappa shape index (κ3) is 5.53. The molecule has 0 spiro atoms. The molecule has 9 heteroatoms. The molecule has 174 valence electrons. The molecule has 0 bridgehead atoms. The molecular formula is C23H31N3O5S. The summed E-state index contributed by atoms with van der Waals surface area (Å²) in [5.41, 5.74) is 1.22. The summed E-state index contributed by atoms with van der Waals surface area (Å²) in [6.45, 7) is 6.98. The van der Waals surface area contributed by atoms with Crippen molar-refractivity contribution in [1.29, 1.82) is 0 Å². The third-order valence-electron chi connectivity index (χ3n) is 5.92. The van der Waals surface area contributed by atoms with E-state index in [0.717, 1.165) is 38.5 Å². The lowest BCUT2D eigenvalue weighted by Gasteiger charge is -2.36. The number of morpholine rings is 1. The molecule has 2 aliphatic heterocycles. The van der Waals surface area contributed by atoms with Crippen LogP contribution in [-0.2, 0) is 14.8 Å². The van der Waals surface area contributed by atoms with Crippen molar-refractivity contribution in [1.82, 2.24) is 9.21 Å². The van der Waals surface area contributed by atoms with Crippen LogP contribution in [0.1, 0.15) is 0 Å². The van der Waals surface area contributed by atoms with Gasteiger partial charge in [-0.05, 0) is 48.5 Å². The molecule has 0 amide bonds. The molecule has 0 aliphatic carbocycles. The maximum absolute atomic E-state index is 12.7. The first kappa shape index (κ1) is 22.8. The van der Waals surface area contributed by atoms with Crippen LogP contribution < -0.4 is 14.4 Å². The lowest BCUT2D eigenvalue weighted by Crippen LogP contribution is -2.47. The zero-order valence-corrected chi connectivity index (χ0v) is 19.3. The maximum atomic E-state index is 12.7. The van der Waals surface area contributed by atoms with E-state index in [9.17, 15) is 8.42 Å². The molecule has 0 unspecified atom stereocenters. The van der Waals surface area contributed by atoms with Crippen LogP contribution in [0.25, 0.3) is 0 Å². The number of ether oxygens (including phenoxy) is 3. The van der Waals surface area contributed by atoms with Gasteiger partial charge in [-0.2, -0.15) is 4.31 Å². The minimum absolute atomic E-state index is 0.293. The van der Waals surface area contributed by atoms with Crippen molar-refractivity contribution in [2.45, 2.75) is 4.90 Å². The number of piperazine rings is 1. The number of sulfonamides is 1. The monoisotopic (exact) mass is 461 g/mol. The topological polar surface area (TPSA) is 71.6 Å². The summed E-state index contributed by atoms with van der Waals surface area (Å²) in [7, 11) is -1.79. The van der Waals surface area contributed by atoms with E-state index in [1.807, 2.05) is 12.1 Å². The second-order valence-corrected chi connectivity index (χ2v) is 9.80. The molecule has 0 radical (unpaired) electrons. The first-order valence-corrected chi connectivity index (χ1v) is 12.4. The number of hydrogen-bond acceptors (Lipinski definition) is 7. The normalized spacial score (nSPS) is 18.5. The molecule has 32 heavy (non-hydrogen) atoms. The smallest absolute Gasteiger partial charge is 0.243 e. The van der Waals surface area contributed by atoms with Crippen molar-refractivity contribution in [3.63, 3.8) is 0 Å². The summed E-state index contributed by atoms with van der Waals surface area (Å²) in [6.07, 6.45) is 0. The van der Waals surface area contributed by atoms with Gasteiger partial charge in [0.1, 0.15) is 18.1 Å². The highest BCUT2D eigenvalue weighted by Crippen LogP contribution is 2.22. The van der Waals surface area contributed by atoms with Gasteiger partial charge in [0.25, 0.3) is 0 Å².